The lowest BCUT2D eigenvalue weighted by atomic mass is 10.1. The Morgan fingerprint density at radius 3 is 2.90 bits per heavy atom. The van der Waals surface area contributed by atoms with Crippen LogP contribution < -0.4 is 4.74 Å². The summed E-state index contributed by atoms with van der Waals surface area (Å²) in [7, 11) is 0. The first-order chi connectivity index (χ1) is 10.2. The maximum absolute atomic E-state index is 8.69. The van der Waals surface area contributed by atoms with Crippen molar-refractivity contribution < 1.29 is 9.84 Å². The van der Waals surface area contributed by atoms with Gasteiger partial charge in [0.05, 0.1) is 11.5 Å². The third-order valence-corrected chi connectivity index (χ3v) is 4.23. The molecule has 0 spiro atoms. The Balaban J connectivity index is 1.96. The van der Waals surface area contributed by atoms with Crippen molar-refractivity contribution in [3.05, 3.63) is 50.7 Å². The molecule has 0 aliphatic heterocycles. The predicted octanol–water partition coefficient (Wildman–Crippen LogP) is 4.28. The largest absolute Gasteiger partial charge is 0.488 e. The summed E-state index contributed by atoms with van der Waals surface area (Å²) in [6.07, 6.45) is 1.40. The van der Waals surface area contributed by atoms with Gasteiger partial charge in [0, 0.05) is 16.3 Å². The van der Waals surface area contributed by atoms with Gasteiger partial charge >= 0.3 is 0 Å². The van der Waals surface area contributed by atoms with Gasteiger partial charge in [-0.2, -0.15) is 0 Å². The van der Waals surface area contributed by atoms with Crippen LogP contribution in [0.2, 0.25) is 5.02 Å². The molecule has 0 bridgehead atoms. The molecule has 4 heteroatoms. The van der Waals surface area contributed by atoms with E-state index in [1.807, 2.05) is 30.3 Å². The van der Waals surface area contributed by atoms with Gasteiger partial charge in [-0.3, -0.25) is 0 Å². The van der Waals surface area contributed by atoms with Crippen LogP contribution in [0, 0.1) is 11.8 Å². The minimum absolute atomic E-state index is 0.102. The van der Waals surface area contributed by atoms with Gasteiger partial charge in [-0.15, -0.1) is 11.3 Å². The van der Waals surface area contributed by atoms with Gasteiger partial charge in [-0.05, 0) is 42.3 Å². The molecule has 0 aliphatic carbocycles. The summed E-state index contributed by atoms with van der Waals surface area (Å²) in [6.45, 7) is 2.70. The number of aliphatic hydroxyl groups excluding tert-OH is 1. The highest BCUT2D eigenvalue weighted by atomic mass is 35.5. The monoisotopic (exact) mass is 320 g/mol. The van der Waals surface area contributed by atoms with Crippen LogP contribution in [0.3, 0.4) is 0 Å². The van der Waals surface area contributed by atoms with Crippen molar-refractivity contribution in [1.82, 2.24) is 0 Å². The van der Waals surface area contributed by atoms with Crippen molar-refractivity contribution in [3.63, 3.8) is 0 Å². The minimum Gasteiger partial charge on any atom is -0.488 e. The Hall–Kier alpha value is -1.47. The summed E-state index contributed by atoms with van der Waals surface area (Å²) in [5.41, 5.74) is 1.09. The number of halogens is 1. The van der Waals surface area contributed by atoms with E-state index in [4.69, 9.17) is 21.4 Å². The molecule has 2 rings (SSSR count). The Morgan fingerprint density at radius 1 is 1.29 bits per heavy atom. The molecular weight excluding hydrogens is 304 g/mol. The molecule has 2 nitrogen and oxygen atoms in total. The molecule has 0 radical (unpaired) electrons. The molecule has 21 heavy (non-hydrogen) atoms. The Bertz CT molecular complexity index is 652. The highest BCUT2D eigenvalue weighted by Gasteiger charge is 2.03. The molecule has 0 atom stereocenters. The molecule has 110 valence electrons. The van der Waals surface area contributed by atoms with Crippen LogP contribution in [0.5, 0.6) is 5.75 Å². The van der Waals surface area contributed by atoms with E-state index in [0.29, 0.717) is 13.0 Å². The summed E-state index contributed by atoms with van der Waals surface area (Å²) >= 11 is 7.70. The van der Waals surface area contributed by atoms with E-state index in [1.165, 1.54) is 0 Å². The third kappa shape index (κ3) is 4.78. The van der Waals surface area contributed by atoms with E-state index in [-0.39, 0.29) is 6.61 Å². The highest BCUT2D eigenvalue weighted by Crippen LogP contribution is 2.24. The van der Waals surface area contributed by atoms with E-state index in [2.05, 4.69) is 18.8 Å². The molecule has 1 aromatic carbocycles. The first-order valence-corrected chi connectivity index (χ1v) is 8.02. The lowest BCUT2D eigenvalue weighted by molar-refractivity contribution is 0.305. The molecule has 1 heterocycles. The zero-order chi connectivity index (χ0) is 15.1. The normalized spacial score (nSPS) is 10.0. The molecule has 0 amide bonds. The van der Waals surface area contributed by atoms with Crippen molar-refractivity contribution in [3.8, 4) is 17.6 Å². The van der Waals surface area contributed by atoms with Crippen molar-refractivity contribution >= 4 is 22.9 Å². The van der Waals surface area contributed by atoms with Crippen LogP contribution in [0.15, 0.2) is 30.3 Å². The average molecular weight is 321 g/mol. The number of thiophene rings is 1. The van der Waals surface area contributed by atoms with E-state index in [0.717, 1.165) is 32.5 Å². The topological polar surface area (TPSA) is 29.5 Å². The van der Waals surface area contributed by atoms with E-state index in [9.17, 15) is 0 Å². The summed E-state index contributed by atoms with van der Waals surface area (Å²) in [5.74, 6) is 6.77. The summed E-state index contributed by atoms with van der Waals surface area (Å²) in [6, 6.07) is 9.74. The molecule has 0 saturated carbocycles. The second-order valence-corrected chi connectivity index (χ2v) is 6.01. The highest BCUT2D eigenvalue weighted by molar-refractivity contribution is 7.12. The van der Waals surface area contributed by atoms with Crippen LogP contribution >= 0.6 is 22.9 Å². The zero-order valence-corrected chi connectivity index (χ0v) is 13.4. The van der Waals surface area contributed by atoms with Crippen LogP contribution in [0.4, 0.5) is 0 Å². The zero-order valence-electron chi connectivity index (χ0n) is 11.9. The van der Waals surface area contributed by atoms with Crippen LogP contribution in [0.1, 0.15) is 28.7 Å². The maximum atomic E-state index is 8.69. The number of aryl methyl sites for hydroxylation is 1. The van der Waals surface area contributed by atoms with Gasteiger partial charge in [0.2, 0.25) is 0 Å². The lowest BCUT2D eigenvalue weighted by Gasteiger charge is -2.07. The summed E-state index contributed by atoms with van der Waals surface area (Å²) < 4.78 is 5.79. The number of hydrogen-bond acceptors (Lipinski definition) is 3. The van der Waals surface area contributed by atoms with Gasteiger partial charge in [0.15, 0.2) is 0 Å². The van der Waals surface area contributed by atoms with Gasteiger partial charge in [-0.25, -0.2) is 0 Å². The van der Waals surface area contributed by atoms with Gasteiger partial charge in [-0.1, -0.05) is 30.4 Å². The fourth-order valence-electron chi connectivity index (χ4n) is 1.79. The van der Waals surface area contributed by atoms with Crippen LogP contribution in [-0.4, -0.2) is 11.7 Å². The summed E-state index contributed by atoms with van der Waals surface area (Å²) in [5, 5.41) is 9.47. The van der Waals surface area contributed by atoms with Crippen molar-refractivity contribution in [2.75, 3.05) is 6.61 Å². The number of ether oxygens (including phenoxy) is 1. The van der Waals surface area contributed by atoms with E-state index < -0.39 is 0 Å². The Labute approximate surface area is 134 Å². The van der Waals surface area contributed by atoms with Crippen molar-refractivity contribution in [2.24, 2.45) is 0 Å². The van der Waals surface area contributed by atoms with Gasteiger partial charge < -0.3 is 9.84 Å². The Morgan fingerprint density at radius 2 is 2.14 bits per heavy atom. The molecule has 0 unspecified atom stereocenters. The maximum Gasteiger partial charge on any atom is 0.122 e. The second kappa shape index (κ2) is 8.09. The average Bonchev–Trinajstić information content (AvgIpc) is 2.94. The Kier molecular flexibility index (Phi) is 6.13. The second-order valence-electron chi connectivity index (χ2n) is 4.44. The number of hydrogen-bond donors (Lipinski definition) is 1. The molecule has 2 aromatic rings. The standard InChI is InChI=1S/C17H17ClO2S/c1-2-13-11-14(6-9-17(13)18)20-12-16-8-7-15(21-16)5-3-4-10-19/h6-9,11,19H,2,4,10,12H2,1H3. The molecule has 0 saturated heterocycles. The molecule has 0 aliphatic rings. The quantitative estimate of drug-likeness (QED) is 0.833. The van der Waals surface area contributed by atoms with Crippen molar-refractivity contribution in [1.29, 1.82) is 0 Å². The molecule has 0 fully saturated rings. The lowest BCUT2D eigenvalue weighted by Crippen LogP contribution is -1.94. The third-order valence-electron chi connectivity index (χ3n) is 2.89. The smallest absolute Gasteiger partial charge is 0.122 e. The minimum atomic E-state index is 0.102. The van der Waals surface area contributed by atoms with Crippen LogP contribution in [-0.2, 0) is 13.0 Å². The number of benzene rings is 1. The fraction of sp³-hybridized carbons (Fsp3) is 0.294. The van der Waals surface area contributed by atoms with Crippen molar-refractivity contribution in [2.45, 2.75) is 26.4 Å². The van der Waals surface area contributed by atoms with Gasteiger partial charge in [0.1, 0.15) is 12.4 Å². The first-order valence-electron chi connectivity index (χ1n) is 6.82. The SMILES string of the molecule is CCc1cc(OCc2ccc(C#CCCO)s2)ccc1Cl. The van der Waals surface area contributed by atoms with E-state index >= 15 is 0 Å². The number of rotatable bonds is 5. The van der Waals surface area contributed by atoms with E-state index in [1.54, 1.807) is 11.3 Å². The number of aliphatic hydroxyl groups is 1. The fourth-order valence-corrected chi connectivity index (χ4v) is 2.84. The van der Waals surface area contributed by atoms with Crippen LogP contribution in [0.25, 0.3) is 0 Å². The molecule has 1 aromatic heterocycles. The predicted molar refractivity (Wildman–Crippen MR) is 88.1 cm³/mol. The first kappa shape index (κ1) is 15.9. The van der Waals surface area contributed by atoms with Gasteiger partial charge in [0.25, 0.3) is 0 Å². The summed E-state index contributed by atoms with van der Waals surface area (Å²) in [4.78, 5) is 2.11. The molecular formula is C17H17ClO2S. The molecule has 1 N–H and O–H groups in total.